The Kier molecular flexibility index (Phi) is 6.90. The van der Waals surface area contributed by atoms with Gasteiger partial charge >= 0.3 is 0 Å². The molecule has 0 saturated carbocycles. The Labute approximate surface area is 176 Å². The summed E-state index contributed by atoms with van der Waals surface area (Å²) in [4.78, 5) is 27.3. The summed E-state index contributed by atoms with van der Waals surface area (Å²) in [5.41, 5.74) is 1.28. The molecule has 1 heterocycles. The molecule has 1 saturated heterocycles. The van der Waals surface area contributed by atoms with Crippen LogP contribution in [-0.2, 0) is 14.3 Å². The minimum absolute atomic E-state index is 0.0873. The second-order valence-electron chi connectivity index (χ2n) is 7.41. The third kappa shape index (κ3) is 4.54. The van der Waals surface area contributed by atoms with Crippen molar-refractivity contribution in [1.82, 2.24) is 4.90 Å². The van der Waals surface area contributed by atoms with Crippen molar-refractivity contribution in [3.8, 4) is 5.75 Å². The minimum atomic E-state index is -0.686. The highest BCUT2D eigenvalue weighted by Gasteiger charge is 2.45. The molecule has 1 fully saturated rings. The molecule has 1 aliphatic heterocycles. The van der Waals surface area contributed by atoms with Gasteiger partial charge in [0.1, 0.15) is 11.5 Å². The Bertz CT molecular complexity index is 936. The van der Waals surface area contributed by atoms with Gasteiger partial charge in [-0.25, -0.2) is 0 Å². The van der Waals surface area contributed by atoms with Crippen LogP contribution in [0.1, 0.15) is 37.4 Å². The fraction of sp³-hybridized carbons (Fsp3) is 0.333. The lowest BCUT2D eigenvalue weighted by molar-refractivity contribution is -0.140. The number of likely N-dealkylation sites (tertiary alicyclic amines) is 1. The maximum absolute atomic E-state index is 12.9. The number of ether oxygens (including phenoxy) is 2. The molecule has 6 heteroatoms. The van der Waals surface area contributed by atoms with Crippen LogP contribution in [0.2, 0.25) is 0 Å². The van der Waals surface area contributed by atoms with Crippen LogP contribution >= 0.6 is 0 Å². The largest absolute Gasteiger partial charge is 0.507 e. The van der Waals surface area contributed by atoms with Crippen LogP contribution in [0.5, 0.6) is 5.75 Å². The van der Waals surface area contributed by atoms with Gasteiger partial charge in [0.05, 0.1) is 24.8 Å². The van der Waals surface area contributed by atoms with E-state index in [1.807, 2.05) is 44.2 Å². The first-order chi connectivity index (χ1) is 14.4. The number of aliphatic hydroxyl groups excluding tert-OH is 1. The molecular formula is C24H27NO5. The first-order valence-corrected chi connectivity index (χ1v) is 10.0. The Hall–Kier alpha value is -3.12. The highest BCUT2D eigenvalue weighted by molar-refractivity contribution is 6.46. The predicted molar refractivity (Wildman–Crippen MR) is 114 cm³/mol. The molecule has 2 aromatic rings. The molecular weight excluding hydrogens is 382 g/mol. The quantitative estimate of drug-likeness (QED) is 0.309. The zero-order valence-electron chi connectivity index (χ0n) is 17.5. The van der Waals surface area contributed by atoms with Gasteiger partial charge in [0.25, 0.3) is 11.7 Å². The molecule has 1 amide bonds. The molecule has 0 bridgehead atoms. The van der Waals surface area contributed by atoms with E-state index in [9.17, 15) is 14.7 Å². The van der Waals surface area contributed by atoms with Crippen molar-refractivity contribution >= 4 is 17.4 Å². The van der Waals surface area contributed by atoms with E-state index in [-0.39, 0.29) is 17.4 Å². The number of aliphatic hydroxyl groups is 1. The van der Waals surface area contributed by atoms with Crippen molar-refractivity contribution < 1.29 is 24.2 Å². The smallest absolute Gasteiger partial charge is 0.295 e. The molecule has 1 aliphatic rings. The maximum atomic E-state index is 12.9. The average Bonchev–Trinajstić information content (AvgIpc) is 3.01. The molecule has 0 unspecified atom stereocenters. The summed E-state index contributed by atoms with van der Waals surface area (Å²) in [5, 5.41) is 11.0. The van der Waals surface area contributed by atoms with E-state index in [1.54, 1.807) is 24.3 Å². The van der Waals surface area contributed by atoms with Crippen LogP contribution in [0.15, 0.2) is 60.2 Å². The maximum Gasteiger partial charge on any atom is 0.295 e. The van der Waals surface area contributed by atoms with Gasteiger partial charge in [0, 0.05) is 18.7 Å². The zero-order chi connectivity index (χ0) is 21.7. The fourth-order valence-corrected chi connectivity index (χ4v) is 3.57. The number of Topliss-reactive ketones (excluding diaryl/α,β-unsaturated/α-hetero) is 1. The standard InChI is InChI=1S/C24H27NO5/c1-16(2)30-14-8-13-25-21(17-9-5-4-6-10-17)20(23(27)24(25)28)22(26)18-11-7-12-19(15-18)29-3/h4-7,9-12,15-16,21,26H,8,13-14H2,1-3H3/t21-/m0/s1. The number of hydrogen-bond acceptors (Lipinski definition) is 5. The van der Waals surface area contributed by atoms with Gasteiger partial charge in [-0.2, -0.15) is 0 Å². The lowest BCUT2D eigenvalue weighted by Gasteiger charge is -2.25. The van der Waals surface area contributed by atoms with Crippen LogP contribution in [0, 0.1) is 0 Å². The van der Waals surface area contributed by atoms with Crippen LogP contribution in [-0.4, -0.2) is 48.1 Å². The van der Waals surface area contributed by atoms with Gasteiger partial charge < -0.3 is 19.5 Å². The van der Waals surface area contributed by atoms with Crippen LogP contribution in [0.25, 0.3) is 5.76 Å². The van der Waals surface area contributed by atoms with Gasteiger partial charge in [-0.1, -0.05) is 42.5 Å². The van der Waals surface area contributed by atoms with Crippen LogP contribution < -0.4 is 4.74 Å². The summed E-state index contributed by atoms with van der Waals surface area (Å²) in [7, 11) is 1.53. The first kappa shape index (κ1) is 21.6. The molecule has 1 atom stereocenters. The number of ketones is 1. The SMILES string of the molecule is COc1cccc(C(O)=C2C(=O)C(=O)N(CCCOC(C)C)[C@H]2c2ccccc2)c1. The van der Waals surface area contributed by atoms with Crippen molar-refractivity contribution in [2.45, 2.75) is 32.4 Å². The first-order valence-electron chi connectivity index (χ1n) is 10.0. The van der Waals surface area contributed by atoms with Crippen molar-refractivity contribution in [3.63, 3.8) is 0 Å². The summed E-state index contributed by atoms with van der Waals surface area (Å²) in [6.07, 6.45) is 0.687. The Morgan fingerprint density at radius 2 is 1.83 bits per heavy atom. The minimum Gasteiger partial charge on any atom is -0.507 e. The lowest BCUT2D eigenvalue weighted by atomic mass is 9.95. The number of carbonyl (C=O) groups is 2. The summed E-state index contributed by atoms with van der Waals surface area (Å²) in [5.74, 6) is -0.954. The van der Waals surface area contributed by atoms with Gasteiger partial charge in [-0.15, -0.1) is 0 Å². The van der Waals surface area contributed by atoms with Gasteiger partial charge in [-0.3, -0.25) is 9.59 Å². The van der Waals surface area contributed by atoms with E-state index in [0.717, 1.165) is 5.56 Å². The van der Waals surface area contributed by atoms with Gasteiger partial charge in [-0.05, 0) is 38.0 Å². The van der Waals surface area contributed by atoms with E-state index >= 15 is 0 Å². The average molecular weight is 409 g/mol. The van der Waals surface area contributed by atoms with Crippen LogP contribution in [0.3, 0.4) is 0 Å². The molecule has 0 spiro atoms. The van der Waals surface area contributed by atoms with E-state index in [1.165, 1.54) is 12.0 Å². The third-order valence-electron chi connectivity index (χ3n) is 4.99. The molecule has 6 nitrogen and oxygen atoms in total. The van der Waals surface area contributed by atoms with Crippen molar-refractivity contribution in [3.05, 3.63) is 71.3 Å². The zero-order valence-corrected chi connectivity index (χ0v) is 17.5. The molecule has 0 aliphatic carbocycles. The van der Waals surface area contributed by atoms with E-state index in [0.29, 0.717) is 30.9 Å². The number of rotatable bonds is 8. The predicted octanol–water partition coefficient (Wildman–Crippen LogP) is 3.93. The second-order valence-corrected chi connectivity index (χ2v) is 7.41. The molecule has 0 radical (unpaired) electrons. The molecule has 3 rings (SSSR count). The molecule has 2 aromatic carbocycles. The Morgan fingerprint density at radius 3 is 2.50 bits per heavy atom. The Balaban J connectivity index is 2.01. The molecule has 0 aromatic heterocycles. The highest BCUT2D eigenvalue weighted by Crippen LogP contribution is 2.39. The number of hydrogen-bond donors (Lipinski definition) is 1. The summed E-state index contributed by atoms with van der Waals surface area (Å²) in [6.45, 7) is 4.73. The summed E-state index contributed by atoms with van der Waals surface area (Å²) in [6, 6.07) is 15.4. The third-order valence-corrected chi connectivity index (χ3v) is 4.99. The van der Waals surface area contributed by atoms with Gasteiger partial charge in [0.2, 0.25) is 0 Å². The number of carbonyl (C=O) groups excluding carboxylic acids is 2. The van der Waals surface area contributed by atoms with Crippen molar-refractivity contribution in [2.75, 3.05) is 20.3 Å². The second kappa shape index (κ2) is 9.59. The normalized spacial score (nSPS) is 18.3. The van der Waals surface area contributed by atoms with Crippen molar-refractivity contribution in [1.29, 1.82) is 0 Å². The monoisotopic (exact) mass is 409 g/mol. The highest BCUT2D eigenvalue weighted by atomic mass is 16.5. The summed E-state index contributed by atoms with van der Waals surface area (Å²) >= 11 is 0. The number of methoxy groups -OCH3 is 1. The number of nitrogens with zero attached hydrogens (tertiary/aromatic N) is 1. The Morgan fingerprint density at radius 1 is 1.10 bits per heavy atom. The van der Waals surface area contributed by atoms with Crippen LogP contribution in [0.4, 0.5) is 0 Å². The summed E-state index contributed by atoms with van der Waals surface area (Å²) < 4.78 is 10.8. The topological polar surface area (TPSA) is 76.1 Å². The number of amides is 1. The fourth-order valence-electron chi connectivity index (χ4n) is 3.57. The molecule has 158 valence electrons. The van der Waals surface area contributed by atoms with E-state index in [4.69, 9.17) is 9.47 Å². The molecule has 1 N–H and O–H groups in total. The van der Waals surface area contributed by atoms with Gasteiger partial charge in [0.15, 0.2) is 0 Å². The lowest BCUT2D eigenvalue weighted by Crippen LogP contribution is -2.31. The van der Waals surface area contributed by atoms with E-state index in [2.05, 4.69) is 0 Å². The molecule has 30 heavy (non-hydrogen) atoms. The van der Waals surface area contributed by atoms with E-state index < -0.39 is 17.7 Å². The van der Waals surface area contributed by atoms with Crippen molar-refractivity contribution in [2.24, 2.45) is 0 Å². The number of benzene rings is 2.